The lowest BCUT2D eigenvalue weighted by Gasteiger charge is -2.37. The summed E-state index contributed by atoms with van der Waals surface area (Å²) in [5.41, 5.74) is 0. The van der Waals surface area contributed by atoms with E-state index in [1.54, 1.807) is 0 Å². The Morgan fingerprint density at radius 3 is 2.14 bits per heavy atom. The molecule has 0 aromatic heterocycles. The van der Waals surface area contributed by atoms with Crippen molar-refractivity contribution >= 4 is 0 Å². The lowest BCUT2D eigenvalue weighted by Crippen LogP contribution is -2.48. The molecule has 0 aliphatic heterocycles. The molecule has 2 saturated carbocycles. The largest absolute Gasteiger partial charge is 0.315 e. The van der Waals surface area contributed by atoms with Gasteiger partial charge in [-0.15, -0.1) is 0 Å². The molecule has 0 spiro atoms. The van der Waals surface area contributed by atoms with Crippen LogP contribution >= 0.6 is 0 Å². The van der Waals surface area contributed by atoms with Crippen molar-refractivity contribution in [2.45, 2.75) is 90.1 Å². The van der Waals surface area contributed by atoms with Crippen LogP contribution in [-0.2, 0) is 0 Å². The van der Waals surface area contributed by atoms with Crippen LogP contribution in [0.25, 0.3) is 0 Å². The van der Waals surface area contributed by atoms with Crippen molar-refractivity contribution < 1.29 is 0 Å². The zero-order valence-corrected chi connectivity index (χ0v) is 14.7. The second-order valence-electron chi connectivity index (χ2n) is 7.91. The summed E-state index contributed by atoms with van der Waals surface area (Å²) >= 11 is 0. The monoisotopic (exact) mass is 294 g/mol. The Kier molecular flexibility index (Phi) is 7.53. The molecule has 0 bridgehead atoms. The number of likely N-dealkylation sites (N-methyl/N-ethyl adjacent to an activating group) is 1. The minimum Gasteiger partial charge on any atom is -0.315 e. The smallest absolute Gasteiger partial charge is 0.0220 e. The Balaban J connectivity index is 1.90. The van der Waals surface area contributed by atoms with E-state index in [9.17, 15) is 0 Å². The molecule has 2 nitrogen and oxygen atoms in total. The van der Waals surface area contributed by atoms with E-state index in [2.05, 4.69) is 31.1 Å². The molecule has 1 atom stereocenters. The van der Waals surface area contributed by atoms with Crippen LogP contribution in [0.1, 0.15) is 78.1 Å². The van der Waals surface area contributed by atoms with E-state index < -0.39 is 0 Å². The summed E-state index contributed by atoms with van der Waals surface area (Å²) < 4.78 is 0. The molecule has 1 N–H and O–H groups in total. The zero-order chi connectivity index (χ0) is 15.1. The number of nitrogens with zero attached hydrogens (tertiary/aromatic N) is 1. The molecule has 0 heterocycles. The van der Waals surface area contributed by atoms with Gasteiger partial charge in [-0.1, -0.05) is 46.0 Å². The summed E-state index contributed by atoms with van der Waals surface area (Å²) in [4.78, 5) is 2.85. The second-order valence-corrected chi connectivity index (χ2v) is 7.91. The molecule has 2 aliphatic carbocycles. The van der Waals surface area contributed by atoms with Gasteiger partial charge in [-0.05, 0) is 57.5 Å². The first kappa shape index (κ1) is 17.3. The predicted octanol–water partition coefficient (Wildman–Crippen LogP) is 4.45. The summed E-state index contributed by atoms with van der Waals surface area (Å²) in [6, 6.07) is 1.60. The molecule has 124 valence electrons. The van der Waals surface area contributed by atoms with Gasteiger partial charge in [0.2, 0.25) is 0 Å². The molecule has 0 radical (unpaired) electrons. The van der Waals surface area contributed by atoms with Crippen LogP contribution < -0.4 is 5.32 Å². The molecule has 21 heavy (non-hydrogen) atoms. The van der Waals surface area contributed by atoms with Crippen LogP contribution in [0.15, 0.2) is 0 Å². The Morgan fingerprint density at radius 2 is 1.57 bits per heavy atom. The van der Waals surface area contributed by atoms with Crippen LogP contribution in [0.3, 0.4) is 0 Å². The van der Waals surface area contributed by atoms with E-state index >= 15 is 0 Å². The third-order valence-electron chi connectivity index (χ3n) is 5.86. The summed E-state index contributed by atoms with van der Waals surface area (Å²) in [5, 5.41) is 3.67. The van der Waals surface area contributed by atoms with E-state index in [1.807, 2.05) is 0 Å². The van der Waals surface area contributed by atoms with E-state index in [-0.39, 0.29) is 0 Å². The summed E-state index contributed by atoms with van der Waals surface area (Å²) in [5.74, 6) is 1.75. The molecule has 2 aliphatic rings. The number of nitrogens with one attached hydrogen (secondary N) is 1. The fraction of sp³-hybridized carbons (Fsp3) is 1.00. The van der Waals surface area contributed by atoms with Crippen molar-refractivity contribution in [1.82, 2.24) is 10.2 Å². The average Bonchev–Trinajstić information content (AvgIpc) is 3.02. The van der Waals surface area contributed by atoms with Gasteiger partial charge in [-0.3, -0.25) is 4.90 Å². The van der Waals surface area contributed by atoms with Crippen molar-refractivity contribution in [3.8, 4) is 0 Å². The van der Waals surface area contributed by atoms with Crippen molar-refractivity contribution in [3.05, 3.63) is 0 Å². The third kappa shape index (κ3) is 5.56. The van der Waals surface area contributed by atoms with Gasteiger partial charge in [-0.2, -0.15) is 0 Å². The number of hydrogen-bond acceptors (Lipinski definition) is 2. The van der Waals surface area contributed by atoms with Gasteiger partial charge in [0.15, 0.2) is 0 Å². The molecule has 2 rings (SSSR count). The SMILES string of the molecule is CNC(CN(CCC(C)C)C1CCCC1)C1CCCCC1. The highest BCUT2D eigenvalue weighted by Crippen LogP contribution is 2.29. The van der Waals surface area contributed by atoms with Gasteiger partial charge in [0.25, 0.3) is 0 Å². The minimum absolute atomic E-state index is 0.720. The van der Waals surface area contributed by atoms with Crippen LogP contribution in [0, 0.1) is 11.8 Å². The molecule has 0 aromatic rings. The van der Waals surface area contributed by atoms with E-state index in [0.29, 0.717) is 0 Å². The molecular weight excluding hydrogens is 256 g/mol. The highest BCUT2D eigenvalue weighted by molar-refractivity contribution is 4.85. The lowest BCUT2D eigenvalue weighted by atomic mass is 9.83. The van der Waals surface area contributed by atoms with Gasteiger partial charge in [0.05, 0.1) is 0 Å². The molecule has 0 saturated heterocycles. The summed E-state index contributed by atoms with van der Waals surface area (Å²) in [7, 11) is 2.19. The number of rotatable bonds is 8. The van der Waals surface area contributed by atoms with E-state index in [0.717, 1.165) is 23.9 Å². The molecule has 0 aromatic carbocycles. The number of hydrogen-bond donors (Lipinski definition) is 1. The van der Waals surface area contributed by atoms with Gasteiger partial charge in [0, 0.05) is 18.6 Å². The maximum atomic E-state index is 3.67. The highest BCUT2D eigenvalue weighted by Gasteiger charge is 2.28. The fourth-order valence-electron chi connectivity index (χ4n) is 4.38. The fourth-order valence-corrected chi connectivity index (χ4v) is 4.38. The van der Waals surface area contributed by atoms with Gasteiger partial charge >= 0.3 is 0 Å². The topological polar surface area (TPSA) is 15.3 Å². The van der Waals surface area contributed by atoms with Crippen LogP contribution in [0.5, 0.6) is 0 Å². The Labute approximate surface area is 133 Å². The van der Waals surface area contributed by atoms with E-state index in [4.69, 9.17) is 0 Å². The molecular formula is C19H38N2. The minimum atomic E-state index is 0.720. The summed E-state index contributed by atoms with van der Waals surface area (Å²) in [6.07, 6.45) is 14.4. The van der Waals surface area contributed by atoms with Gasteiger partial charge in [0.1, 0.15) is 0 Å². The maximum absolute atomic E-state index is 3.67. The molecule has 0 amide bonds. The lowest BCUT2D eigenvalue weighted by molar-refractivity contribution is 0.140. The third-order valence-corrected chi connectivity index (χ3v) is 5.86. The zero-order valence-electron chi connectivity index (χ0n) is 14.7. The van der Waals surface area contributed by atoms with Gasteiger partial charge < -0.3 is 5.32 Å². The Bertz CT molecular complexity index is 265. The second kappa shape index (κ2) is 9.15. The average molecular weight is 295 g/mol. The quantitative estimate of drug-likeness (QED) is 0.711. The Morgan fingerprint density at radius 1 is 0.952 bits per heavy atom. The van der Waals surface area contributed by atoms with Crippen LogP contribution in [0.2, 0.25) is 0 Å². The van der Waals surface area contributed by atoms with Crippen molar-refractivity contribution in [2.24, 2.45) is 11.8 Å². The van der Waals surface area contributed by atoms with Crippen molar-refractivity contribution in [3.63, 3.8) is 0 Å². The predicted molar refractivity (Wildman–Crippen MR) is 92.7 cm³/mol. The van der Waals surface area contributed by atoms with Crippen LogP contribution in [-0.4, -0.2) is 37.1 Å². The first-order valence-electron chi connectivity index (χ1n) is 9.62. The maximum Gasteiger partial charge on any atom is 0.0220 e. The first-order valence-corrected chi connectivity index (χ1v) is 9.62. The van der Waals surface area contributed by atoms with Crippen molar-refractivity contribution in [2.75, 3.05) is 20.1 Å². The molecule has 1 unspecified atom stereocenters. The first-order chi connectivity index (χ1) is 10.2. The normalized spacial score (nSPS) is 23.3. The molecule has 2 heteroatoms. The highest BCUT2D eigenvalue weighted by atomic mass is 15.2. The Hall–Kier alpha value is -0.0800. The standard InChI is InChI=1S/C19H38N2/c1-16(2)13-14-21(18-11-7-8-12-18)15-19(20-3)17-9-5-4-6-10-17/h16-20H,4-15H2,1-3H3. The molecule has 2 fully saturated rings. The van der Waals surface area contributed by atoms with Crippen LogP contribution in [0.4, 0.5) is 0 Å². The summed E-state index contributed by atoms with van der Waals surface area (Å²) in [6.45, 7) is 7.33. The van der Waals surface area contributed by atoms with Gasteiger partial charge in [-0.25, -0.2) is 0 Å². The van der Waals surface area contributed by atoms with E-state index in [1.165, 1.54) is 77.3 Å². The van der Waals surface area contributed by atoms with Crippen molar-refractivity contribution in [1.29, 1.82) is 0 Å².